The van der Waals surface area contributed by atoms with Crippen LogP contribution in [-0.4, -0.2) is 27.1 Å². The van der Waals surface area contributed by atoms with Gasteiger partial charge in [0, 0.05) is 22.4 Å². The fourth-order valence-corrected chi connectivity index (χ4v) is 3.94. The van der Waals surface area contributed by atoms with E-state index in [-0.39, 0.29) is 5.91 Å². The number of halogens is 1. The molecule has 0 saturated carbocycles. The first-order valence-electron chi connectivity index (χ1n) is 9.74. The molecule has 8 heteroatoms. The molecule has 2 aromatic heterocycles. The molecule has 0 unspecified atom stereocenters. The van der Waals surface area contributed by atoms with Gasteiger partial charge in [-0.1, -0.05) is 42.8 Å². The molecule has 154 valence electrons. The minimum absolute atomic E-state index is 0.133. The van der Waals surface area contributed by atoms with Crippen molar-refractivity contribution in [3.05, 3.63) is 64.5 Å². The lowest BCUT2D eigenvalue weighted by atomic mass is 10.2. The van der Waals surface area contributed by atoms with Crippen molar-refractivity contribution in [3.63, 3.8) is 0 Å². The van der Waals surface area contributed by atoms with Crippen molar-refractivity contribution in [2.24, 2.45) is 0 Å². The molecule has 0 bridgehead atoms. The van der Waals surface area contributed by atoms with Crippen LogP contribution in [0, 0.1) is 0 Å². The van der Waals surface area contributed by atoms with Gasteiger partial charge in [0.1, 0.15) is 5.75 Å². The Morgan fingerprint density at radius 3 is 2.67 bits per heavy atom. The number of hydrogen-bond donors (Lipinski definition) is 1. The highest BCUT2D eigenvalue weighted by Crippen LogP contribution is 2.27. The second-order valence-corrected chi connectivity index (χ2v) is 8.03. The Morgan fingerprint density at radius 2 is 1.93 bits per heavy atom. The minimum atomic E-state index is -0.133. The Morgan fingerprint density at radius 1 is 1.17 bits per heavy atom. The van der Waals surface area contributed by atoms with E-state index in [2.05, 4.69) is 34.5 Å². The molecule has 30 heavy (non-hydrogen) atoms. The zero-order valence-corrected chi connectivity index (χ0v) is 18.0. The third-order valence-corrected chi connectivity index (χ3v) is 5.69. The van der Waals surface area contributed by atoms with Crippen LogP contribution in [0.25, 0.3) is 16.2 Å². The van der Waals surface area contributed by atoms with Gasteiger partial charge in [0.25, 0.3) is 0 Å². The summed E-state index contributed by atoms with van der Waals surface area (Å²) in [6, 6.07) is 15.5. The maximum atomic E-state index is 12.2. The zero-order chi connectivity index (χ0) is 20.9. The van der Waals surface area contributed by atoms with Crippen LogP contribution in [0.3, 0.4) is 0 Å². The molecule has 0 aliphatic carbocycles. The van der Waals surface area contributed by atoms with Crippen molar-refractivity contribution in [2.75, 3.05) is 11.9 Å². The van der Waals surface area contributed by atoms with Crippen LogP contribution in [0.1, 0.15) is 25.3 Å². The molecule has 0 atom stereocenters. The number of carbonyl (C=O) groups excluding carboxylic acids is 1. The fourth-order valence-electron chi connectivity index (χ4n) is 2.98. The number of rotatable bonds is 8. The van der Waals surface area contributed by atoms with Crippen LogP contribution in [-0.2, 0) is 11.2 Å². The van der Waals surface area contributed by atoms with E-state index in [4.69, 9.17) is 16.3 Å². The Bertz CT molecular complexity index is 1140. The van der Waals surface area contributed by atoms with Gasteiger partial charge in [-0.25, -0.2) is 4.52 Å². The van der Waals surface area contributed by atoms with Gasteiger partial charge in [-0.15, -0.1) is 16.4 Å². The summed E-state index contributed by atoms with van der Waals surface area (Å²) in [6.45, 7) is 2.59. The first kappa shape index (κ1) is 20.4. The van der Waals surface area contributed by atoms with Gasteiger partial charge in [0.15, 0.2) is 0 Å². The number of nitrogens with zero attached hydrogens (tertiary/aromatic N) is 3. The zero-order valence-electron chi connectivity index (χ0n) is 16.5. The fraction of sp³-hybridized carbons (Fsp3) is 0.227. The van der Waals surface area contributed by atoms with Crippen molar-refractivity contribution < 1.29 is 9.53 Å². The number of benzene rings is 2. The van der Waals surface area contributed by atoms with Crippen LogP contribution >= 0.6 is 22.9 Å². The molecule has 1 amide bonds. The summed E-state index contributed by atoms with van der Waals surface area (Å²) in [5.41, 5.74) is 3.16. The molecule has 0 saturated heterocycles. The molecule has 0 fully saturated rings. The summed E-state index contributed by atoms with van der Waals surface area (Å²) < 4.78 is 7.42. The van der Waals surface area contributed by atoms with Crippen molar-refractivity contribution in [1.29, 1.82) is 0 Å². The molecule has 4 aromatic rings. The molecule has 0 spiro atoms. The molecule has 4 rings (SSSR count). The summed E-state index contributed by atoms with van der Waals surface area (Å²) in [6.07, 6.45) is 1.95. The summed E-state index contributed by atoms with van der Waals surface area (Å²) in [7, 11) is 0. The highest BCUT2D eigenvalue weighted by atomic mass is 35.5. The van der Waals surface area contributed by atoms with Gasteiger partial charge < -0.3 is 4.74 Å². The quantitative estimate of drug-likeness (QED) is 0.369. The van der Waals surface area contributed by atoms with Gasteiger partial charge in [0.2, 0.25) is 16.8 Å². The third-order valence-electron chi connectivity index (χ3n) is 4.62. The Hall–Kier alpha value is -2.90. The highest BCUT2D eigenvalue weighted by Gasteiger charge is 2.13. The second kappa shape index (κ2) is 9.28. The highest BCUT2D eigenvalue weighted by molar-refractivity contribution is 7.15. The summed E-state index contributed by atoms with van der Waals surface area (Å²) >= 11 is 7.43. The minimum Gasteiger partial charge on any atom is -0.494 e. The normalized spacial score (nSPS) is 11.0. The SMILES string of the molecule is CCc1ccc(OCCCC(=O)Nc2nc3scc(-c4ccc(Cl)cc4)n3n2)cc1. The number of anilines is 1. The van der Waals surface area contributed by atoms with E-state index in [0.717, 1.165) is 23.4 Å². The lowest BCUT2D eigenvalue weighted by Gasteiger charge is -2.06. The molecule has 6 nitrogen and oxygen atoms in total. The van der Waals surface area contributed by atoms with Gasteiger partial charge in [-0.05, 0) is 42.7 Å². The number of thiazole rings is 1. The van der Waals surface area contributed by atoms with Crippen LogP contribution in [0.15, 0.2) is 53.9 Å². The predicted octanol–water partition coefficient (Wildman–Crippen LogP) is 5.47. The topological polar surface area (TPSA) is 68.5 Å². The molecular weight excluding hydrogens is 420 g/mol. The number of hydrogen-bond acceptors (Lipinski definition) is 5. The van der Waals surface area contributed by atoms with Gasteiger partial charge >= 0.3 is 0 Å². The van der Waals surface area contributed by atoms with Crippen LogP contribution in [0.2, 0.25) is 5.02 Å². The smallest absolute Gasteiger partial charge is 0.250 e. The molecule has 0 aliphatic rings. The second-order valence-electron chi connectivity index (χ2n) is 6.76. The van der Waals surface area contributed by atoms with Crippen molar-refractivity contribution >= 4 is 39.8 Å². The standard InChI is InChI=1S/C22H21ClN4O2S/c1-2-15-5-11-18(12-6-15)29-13-3-4-20(28)24-21-25-22-27(26-21)19(14-30-22)16-7-9-17(23)10-8-16/h5-12,14H,2-4,13H2,1H3,(H,24,26,28). The number of ether oxygens (including phenoxy) is 1. The third kappa shape index (κ3) is 4.80. The van der Waals surface area contributed by atoms with Crippen LogP contribution < -0.4 is 10.1 Å². The molecule has 1 N–H and O–H groups in total. The number of aryl methyl sites for hydroxylation is 1. The summed E-state index contributed by atoms with van der Waals surface area (Å²) in [5.74, 6) is 0.989. The average Bonchev–Trinajstić information content (AvgIpc) is 3.32. The van der Waals surface area contributed by atoms with E-state index in [1.165, 1.54) is 16.9 Å². The summed E-state index contributed by atoms with van der Waals surface area (Å²) in [4.78, 5) is 17.3. The van der Waals surface area contributed by atoms with E-state index < -0.39 is 0 Å². The van der Waals surface area contributed by atoms with E-state index in [9.17, 15) is 4.79 Å². The lowest BCUT2D eigenvalue weighted by molar-refractivity contribution is -0.116. The summed E-state index contributed by atoms with van der Waals surface area (Å²) in [5, 5.41) is 9.85. The average molecular weight is 441 g/mol. The molecular formula is C22H21ClN4O2S. The maximum Gasteiger partial charge on any atom is 0.250 e. The monoisotopic (exact) mass is 440 g/mol. The van der Waals surface area contributed by atoms with Crippen LogP contribution in [0.4, 0.5) is 5.95 Å². The number of amides is 1. The molecule has 2 aromatic carbocycles. The van der Waals surface area contributed by atoms with Gasteiger partial charge in [0.05, 0.1) is 12.3 Å². The number of nitrogens with one attached hydrogen (secondary N) is 1. The number of fused-ring (bicyclic) bond motifs is 1. The van der Waals surface area contributed by atoms with E-state index in [0.29, 0.717) is 35.4 Å². The molecule has 2 heterocycles. The van der Waals surface area contributed by atoms with Crippen molar-refractivity contribution in [3.8, 4) is 17.0 Å². The number of carbonyl (C=O) groups is 1. The molecule has 0 radical (unpaired) electrons. The van der Waals surface area contributed by atoms with Crippen LogP contribution in [0.5, 0.6) is 5.75 Å². The first-order chi connectivity index (χ1) is 14.6. The van der Waals surface area contributed by atoms with Crippen molar-refractivity contribution in [2.45, 2.75) is 26.2 Å². The van der Waals surface area contributed by atoms with E-state index in [1.54, 1.807) is 4.52 Å². The van der Waals surface area contributed by atoms with Gasteiger partial charge in [-0.2, -0.15) is 4.98 Å². The van der Waals surface area contributed by atoms with Gasteiger partial charge in [-0.3, -0.25) is 10.1 Å². The van der Waals surface area contributed by atoms with Crippen molar-refractivity contribution in [1.82, 2.24) is 14.6 Å². The predicted molar refractivity (Wildman–Crippen MR) is 120 cm³/mol. The Balaban J connectivity index is 1.30. The lowest BCUT2D eigenvalue weighted by Crippen LogP contribution is -2.14. The number of aromatic nitrogens is 3. The Kier molecular flexibility index (Phi) is 6.30. The Labute approximate surface area is 183 Å². The van der Waals surface area contributed by atoms with E-state index in [1.807, 2.05) is 41.8 Å². The first-order valence-corrected chi connectivity index (χ1v) is 11.0. The van der Waals surface area contributed by atoms with E-state index >= 15 is 0 Å². The molecule has 0 aliphatic heterocycles. The maximum absolute atomic E-state index is 12.2. The largest absolute Gasteiger partial charge is 0.494 e.